The summed E-state index contributed by atoms with van der Waals surface area (Å²) >= 11 is 8.55. The Morgan fingerprint density at radius 2 is 1.84 bits per heavy atom. The molecule has 0 aromatic heterocycles. The molecule has 0 bridgehead atoms. The third-order valence-corrected chi connectivity index (χ3v) is 3.16. The third-order valence-electron chi connectivity index (χ3n) is 2.39. The van der Waals surface area contributed by atoms with Crippen molar-refractivity contribution >= 4 is 37.2 Å². The second-order valence-electron chi connectivity index (χ2n) is 4.00. The predicted octanol–water partition coefficient (Wildman–Crippen LogP) is 2.44. The minimum atomic E-state index is -0.514. The molecule has 0 aliphatic rings. The van der Waals surface area contributed by atoms with Crippen LogP contribution in [0.5, 0.6) is 0 Å². The largest absolute Gasteiger partial charge is 0.462 e. The molecule has 0 saturated heterocycles. The van der Waals surface area contributed by atoms with E-state index in [0.29, 0.717) is 11.7 Å². The van der Waals surface area contributed by atoms with Gasteiger partial charge in [0.2, 0.25) is 0 Å². The van der Waals surface area contributed by atoms with E-state index in [4.69, 9.17) is 4.74 Å². The summed E-state index contributed by atoms with van der Waals surface area (Å²) < 4.78 is 9.58. The quantitative estimate of drug-likeness (QED) is 0.266. The van der Waals surface area contributed by atoms with Gasteiger partial charge in [-0.15, -0.1) is 0 Å². The van der Waals surface area contributed by atoms with Gasteiger partial charge >= 0.3 is 11.9 Å². The van der Waals surface area contributed by atoms with Gasteiger partial charge in [0.1, 0.15) is 13.2 Å². The number of hydrogen-bond acceptors (Lipinski definition) is 6. The number of rotatable bonds is 11. The van der Waals surface area contributed by atoms with Gasteiger partial charge in [0.15, 0.2) is 0 Å². The molecule has 0 fully saturated rings. The summed E-state index contributed by atoms with van der Waals surface area (Å²) in [5.74, 6) is 0.0548. The van der Waals surface area contributed by atoms with Crippen molar-refractivity contribution in [2.75, 3.05) is 19.0 Å². The third kappa shape index (κ3) is 12.2. The molecule has 1 atom stereocenters. The number of thiol groups is 2. The highest BCUT2D eigenvalue weighted by Gasteiger charge is 2.05. The van der Waals surface area contributed by atoms with Crippen molar-refractivity contribution in [1.82, 2.24) is 0 Å². The summed E-state index contributed by atoms with van der Waals surface area (Å²) in [6.07, 6.45) is 5.15. The molecule has 0 radical (unpaired) electrons. The SMILES string of the molecule is C=CC(=O)OCCOC(=O)CCCCC(S)CCS. The fourth-order valence-corrected chi connectivity index (χ4v) is 2.20. The maximum Gasteiger partial charge on any atom is 0.330 e. The van der Waals surface area contributed by atoms with Crippen LogP contribution in [0.25, 0.3) is 0 Å². The van der Waals surface area contributed by atoms with E-state index in [1.54, 1.807) is 0 Å². The Labute approximate surface area is 125 Å². The van der Waals surface area contributed by atoms with Crippen molar-refractivity contribution in [3.05, 3.63) is 12.7 Å². The minimum Gasteiger partial charge on any atom is -0.462 e. The molecule has 0 aromatic carbocycles. The molecule has 0 aliphatic heterocycles. The molecule has 0 aliphatic carbocycles. The molecular formula is C13H22O4S2. The standard InChI is InChI=1S/C13H22O4S2/c1-2-12(14)16-8-9-17-13(15)6-4-3-5-11(19)7-10-18/h2,11,18-19H,1,3-10H2. The monoisotopic (exact) mass is 306 g/mol. The lowest BCUT2D eigenvalue weighted by molar-refractivity contribution is -0.149. The molecule has 1 unspecified atom stereocenters. The first-order valence-corrected chi connectivity index (χ1v) is 7.48. The lowest BCUT2D eigenvalue weighted by Crippen LogP contribution is -2.12. The van der Waals surface area contributed by atoms with Crippen LogP contribution in [-0.2, 0) is 19.1 Å². The molecule has 0 heterocycles. The lowest BCUT2D eigenvalue weighted by atomic mass is 10.1. The van der Waals surface area contributed by atoms with Gasteiger partial charge in [0.05, 0.1) is 0 Å². The zero-order chi connectivity index (χ0) is 14.5. The van der Waals surface area contributed by atoms with E-state index in [0.717, 1.165) is 37.5 Å². The molecule has 110 valence electrons. The fourth-order valence-electron chi connectivity index (χ4n) is 1.37. The number of ether oxygens (including phenoxy) is 2. The topological polar surface area (TPSA) is 52.6 Å². The van der Waals surface area contributed by atoms with Crippen LogP contribution < -0.4 is 0 Å². The Morgan fingerprint density at radius 3 is 2.47 bits per heavy atom. The minimum absolute atomic E-state index is 0.0667. The number of esters is 2. The first-order chi connectivity index (χ1) is 9.10. The van der Waals surface area contributed by atoms with Gasteiger partial charge in [-0.1, -0.05) is 13.0 Å². The second kappa shape index (κ2) is 12.4. The van der Waals surface area contributed by atoms with E-state index in [-0.39, 0.29) is 19.2 Å². The van der Waals surface area contributed by atoms with Crippen LogP contribution in [0.15, 0.2) is 12.7 Å². The second-order valence-corrected chi connectivity index (χ2v) is 5.18. The first kappa shape index (κ1) is 18.4. The summed E-state index contributed by atoms with van der Waals surface area (Å²) in [4.78, 5) is 22.0. The molecule has 0 spiro atoms. The Hall–Kier alpha value is -0.620. The van der Waals surface area contributed by atoms with Gasteiger partial charge in [-0.2, -0.15) is 25.3 Å². The van der Waals surface area contributed by atoms with Gasteiger partial charge in [0.25, 0.3) is 0 Å². The van der Waals surface area contributed by atoms with Crippen LogP contribution in [0.4, 0.5) is 0 Å². The Morgan fingerprint density at radius 1 is 1.16 bits per heavy atom. The van der Waals surface area contributed by atoms with Gasteiger partial charge < -0.3 is 9.47 Å². The van der Waals surface area contributed by atoms with E-state index in [1.165, 1.54) is 0 Å². The van der Waals surface area contributed by atoms with Crippen molar-refractivity contribution in [2.24, 2.45) is 0 Å². The number of carbonyl (C=O) groups excluding carboxylic acids is 2. The summed E-state index contributed by atoms with van der Waals surface area (Å²) in [6.45, 7) is 3.42. The molecule has 4 nitrogen and oxygen atoms in total. The van der Waals surface area contributed by atoms with Gasteiger partial charge in [-0.25, -0.2) is 4.79 Å². The normalized spacial score (nSPS) is 11.7. The molecule has 0 aromatic rings. The van der Waals surface area contributed by atoms with E-state index in [9.17, 15) is 9.59 Å². The summed E-state index contributed by atoms with van der Waals surface area (Å²) in [5.41, 5.74) is 0. The van der Waals surface area contributed by atoms with E-state index in [2.05, 4.69) is 36.6 Å². The zero-order valence-corrected chi connectivity index (χ0v) is 12.8. The highest BCUT2D eigenvalue weighted by atomic mass is 32.1. The van der Waals surface area contributed by atoms with Crippen molar-refractivity contribution in [1.29, 1.82) is 0 Å². The molecule has 0 rings (SSSR count). The Balaban J connectivity index is 3.39. The average molecular weight is 306 g/mol. The van der Waals surface area contributed by atoms with Crippen molar-refractivity contribution in [3.63, 3.8) is 0 Å². The summed E-state index contributed by atoms with van der Waals surface area (Å²) in [6, 6.07) is 0. The van der Waals surface area contributed by atoms with E-state index in [1.807, 2.05) is 0 Å². The Bertz CT molecular complexity index is 282. The van der Waals surface area contributed by atoms with Crippen molar-refractivity contribution < 1.29 is 19.1 Å². The van der Waals surface area contributed by atoms with Crippen LogP contribution >= 0.6 is 25.3 Å². The molecular weight excluding hydrogens is 284 g/mol. The maximum absolute atomic E-state index is 11.3. The highest BCUT2D eigenvalue weighted by molar-refractivity contribution is 7.81. The van der Waals surface area contributed by atoms with Crippen LogP contribution in [0.1, 0.15) is 32.1 Å². The highest BCUT2D eigenvalue weighted by Crippen LogP contribution is 2.12. The average Bonchev–Trinajstić information content (AvgIpc) is 2.39. The zero-order valence-electron chi connectivity index (χ0n) is 11.0. The van der Waals surface area contributed by atoms with E-state index >= 15 is 0 Å². The number of hydrogen-bond donors (Lipinski definition) is 2. The van der Waals surface area contributed by atoms with Crippen LogP contribution in [0.3, 0.4) is 0 Å². The molecule has 0 N–H and O–H groups in total. The lowest BCUT2D eigenvalue weighted by Gasteiger charge is -2.08. The van der Waals surface area contributed by atoms with Gasteiger partial charge in [-0.05, 0) is 25.0 Å². The predicted molar refractivity (Wildman–Crippen MR) is 81.8 cm³/mol. The van der Waals surface area contributed by atoms with Crippen molar-refractivity contribution in [3.8, 4) is 0 Å². The number of carbonyl (C=O) groups is 2. The fraction of sp³-hybridized carbons (Fsp3) is 0.692. The Kier molecular flexibility index (Phi) is 12.0. The van der Waals surface area contributed by atoms with Crippen molar-refractivity contribution in [2.45, 2.75) is 37.4 Å². The number of unbranched alkanes of at least 4 members (excludes halogenated alkanes) is 1. The van der Waals surface area contributed by atoms with Gasteiger partial charge in [0, 0.05) is 17.7 Å². The van der Waals surface area contributed by atoms with Crippen LogP contribution in [-0.4, -0.2) is 36.2 Å². The summed E-state index contributed by atoms with van der Waals surface area (Å²) in [5, 5.41) is 0.354. The van der Waals surface area contributed by atoms with E-state index < -0.39 is 5.97 Å². The molecule has 19 heavy (non-hydrogen) atoms. The first-order valence-electron chi connectivity index (χ1n) is 6.34. The van der Waals surface area contributed by atoms with Gasteiger partial charge in [-0.3, -0.25) is 4.79 Å². The maximum atomic E-state index is 11.3. The molecule has 0 amide bonds. The van der Waals surface area contributed by atoms with Crippen LogP contribution in [0.2, 0.25) is 0 Å². The molecule has 0 saturated carbocycles. The van der Waals surface area contributed by atoms with Crippen LogP contribution in [0, 0.1) is 0 Å². The smallest absolute Gasteiger partial charge is 0.330 e. The summed E-state index contributed by atoms with van der Waals surface area (Å²) in [7, 11) is 0. The molecule has 6 heteroatoms.